The fourth-order valence-electron chi connectivity index (χ4n) is 1.90. The molecule has 0 bridgehead atoms. The smallest absolute Gasteiger partial charge is 0.316 e. The highest BCUT2D eigenvalue weighted by molar-refractivity contribution is 7.99. The molecule has 2 rings (SSSR count). The van der Waals surface area contributed by atoms with Crippen LogP contribution in [0.4, 0.5) is 10.1 Å². The van der Waals surface area contributed by atoms with Crippen LogP contribution in [0.25, 0.3) is 0 Å². The van der Waals surface area contributed by atoms with Crippen molar-refractivity contribution in [3.63, 3.8) is 0 Å². The molecule has 0 saturated heterocycles. The van der Waals surface area contributed by atoms with Gasteiger partial charge < -0.3 is 10.1 Å². The molecule has 0 heterocycles. The molecule has 0 aliphatic heterocycles. The summed E-state index contributed by atoms with van der Waals surface area (Å²) in [6.07, 6.45) is 0. The molecule has 4 nitrogen and oxygen atoms in total. The van der Waals surface area contributed by atoms with E-state index in [-0.39, 0.29) is 16.5 Å². The lowest BCUT2D eigenvalue weighted by Gasteiger charge is -2.08. The first-order valence-corrected chi connectivity index (χ1v) is 9.01. The van der Waals surface area contributed by atoms with Crippen LogP contribution in [0.2, 0.25) is 5.02 Å². The Morgan fingerprint density at radius 2 is 1.92 bits per heavy atom. The Bertz CT molecular complexity index is 752. The fraction of sp³-hybridized carbons (Fsp3) is 0.222. The molecular weight excluding hydrogens is 365 g/mol. The maximum atomic E-state index is 12.9. The van der Waals surface area contributed by atoms with Crippen LogP contribution in [0.1, 0.15) is 11.1 Å². The van der Waals surface area contributed by atoms with E-state index in [1.165, 1.54) is 29.5 Å². The van der Waals surface area contributed by atoms with Gasteiger partial charge in [-0.3, -0.25) is 9.59 Å². The van der Waals surface area contributed by atoms with Gasteiger partial charge in [0.1, 0.15) is 5.82 Å². The predicted molar refractivity (Wildman–Crippen MR) is 98.3 cm³/mol. The second-order valence-electron chi connectivity index (χ2n) is 5.31. The maximum absolute atomic E-state index is 12.9. The van der Waals surface area contributed by atoms with Gasteiger partial charge in [0.05, 0.1) is 16.5 Å². The number of thioether (sulfide) groups is 1. The van der Waals surface area contributed by atoms with E-state index in [2.05, 4.69) is 5.32 Å². The van der Waals surface area contributed by atoms with Gasteiger partial charge >= 0.3 is 5.97 Å². The fourth-order valence-corrected chi connectivity index (χ4v) is 2.90. The van der Waals surface area contributed by atoms with Crippen molar-refractivity contribution in [3.8, 4) is 0 Å². The highest BCUT2D eigenvalue weighted by atomic mass is 35.5. The molecule has 25 heavy (non-hydrogen) atoms. The highest BCUT2D eigenvalue weighted by Crippen LogP contribution is 2.22. The van der Waals surface area contributed by atoms with Crippen molar-refractivity contribution < 1.29 is 18.7 Å². The molecule has 0 aliphatic rings. The molecule has 0 spiro atoms. The third-order valence-corrected chi connectivity index (χ3v) is 4.47. The van der Waals surface area contributed by atoms with Gasteiger partial charge in [-0.2, -0.15) is 0 Å². The summed E-state index contributed by atoms with van der Waals surface area (Å²) >= 11 is 7.22. The number of anilines is 1. The van der Waals surface area contributed by atoms with Crippen molar-refractivity contribution in [2.24, 2.45) is 0 Å². The van der Waals surface area contributed by atoms with Gasteiger partial charge in [0.15, 0.2) is 6.61 Å². The van der Waals surface area contributed by atoms with Crippen molar-refractivity contribution in [2.75, 3.05) is 17.7 Å². The molecule has 7 heteroatoms. The molecule has 0 aliphatic carbocycles. The lowest BCUT2D eigenvalue weighted by atomic mass is 10.2. The normalized spacial score (nSPS) is 10.4. The number of carbonyl (C=O) groups excluding carboxylic acids is 2. The zero-order chi connectivity index (χ0) is 18.2. The predicted octanol–water partition coefficient (Wildman–Crippen LogP) is 4.20. The van der Waals surface area contributed by atoms with Crippen LogP contribution in [0, 0.1) is 12.7 Å². The van der Waals surface area contributed by atoms with Gasteiger partial charge in [-0.25, -0.2) is 4.39 Å². The molecule has 2 aromatic rings. The van der Waals surface area contributed by atoms with Gasteiger partial charge in [0, 0.05) is 5.75 Å². The Hall–Kier alpha value is -2.05. The summed E-state index contributed by atoms with van der Waals surface area (Å²) in [4.78, 5) is 23.4. The summed E-state index contributed by atoms with van der Waals surface area (Å²) in [5, 5.41) is 2.54. The zero-order valence-electron chi connectivity index (χ0n) is 13.6. The molecule has 0 aromatic heterocycles. The summed E-state index contributed by atoms with van der Waals surface area (Å²) < 4.78 is 17.8. The summed E-state index contributed by atoms with van der Waals surface area (Å²) in [6.45, 7) is 1.59. The molecule has 1 amide bonds. The van der Waals surface area contributed by atoms with E-state index in [1.807, 2.05) is 31.2 Å². The van der Waals surface area contributed by atoms with Gasteiger partial charge in [0.2, 0.25) is 0 Å². The van der Waals surface area contributed by atoms with Crippen LogP contribution < -0.4 is 5.32 Å². The van der Waals surface area contributed by atoms with Crippen molar-refractivity contribution in [1.82, 2.24) is 0 Å². The Kier molecular flexibility index (Phi) is 7.28. The molecule has 0 fully saturated rings. The van der Waals surface area contributed by atoms with Gasteiger partial charge in [-0.15, -0.1) is 11.8 Å². The summed E-state index contributed by atoms with van der Waals surface area (Å²) in [5.74, 6) is -0.673. The number of nitrogens with one attached hydrogen (secondary N) is 1. The lowest BCUT2D eigenvalue weighted by molar-refractivity contribution is -0.144. The van der Waals surface area contributed by atoms with Crippen LogP contribution in [-0.2, 0) is 20.1 Å². The summed E-state index contributed by atoms with van der Waals surface area (Å²) in [6, 6.07) is 11.6. The first kappa shape index (κ1) is 19.3. The zero-order valence-corrected chi connectivity index (χ0v) is 15.1. The first-order chi connectivity index (χ1) is 11.9. The largest absolute Gasteiger partial charge is 0.455 e. The lowest BCUT2D eigenvalue weighted by Crippen LogP contribution is -2.21. The van der Waals surface area contributed by atoms with Crippen LogP contribution in [0.5, 0.6) is 0 Å². The molecule has 0 unspecified atom stereocenters. The molecule has 132 valence electrons. The van der Waals surface area contributed by atoms with Crippen LogP contribution in [0.3, 0.4) is 0 Å². The second kappa shape index (κ2) is 9.44. The van der Waals surface area contributed by atoms with Crippen LogP contribution in [-0.4, -0.2) is 24.2 Å². The quantitative estimate of drug-likeness (QED) is 0.730. The minimum atomic E-state index is -0.537. The maximum Gasteiger partial charge on any atom is 0.316 e. The molecule has 0 atom stereocenters. The molecule has 0 saturated carbocycles. The molecule has 1 N–H and O–H groups in total. The summed E-state index contributed by atoms with van der Waals surface area (Å²) in [5.41, 5.74) is 2.56. The minimum absolute atomic E-state index is 0.0772. The van der Waals surface area contributed by atoms with Crippen molar-refractivity contribution in [2.45, 2.75) is 12.7 Å². The number of hydrogen-bond acceptors (Lipinski definition) is 4. The first-order valence-electron chi connectivity index (χ1n) is 7.48. The van der Waals surface area contributed by atoms with E-state index < -0.39 is 24.3 Å². The van der Waals surface area contributed by atoms with E-state index >= 15 is 0 Å². The third-order valence-electron chi connectivity index (χ3n) is 3.18. The molecule has 0 radical (unpaired) electrons. The number of esters is 1. The Balaban J connectivity index is 1.68. The number of hydrogen-bond donors (Lipinski definition) is 1. The van der Waals surface area contributed by atoms with E-state index in [9.17, 15) is 14.0 Å². The standard InChI is InChI=1S/C18H17ClFNO3S/c1-12-2-4-13(5-3-12)10-25-11-18(23)24-9-17(22)21-16-7-6-14(20)8-15(16)19/h2-8H,9-11H2,1H3,(H,21,22). The number of halogens is 2. The van der Waals surface area contributed by atoms with Crippen molar-refractivity contribution in [1.29, 1.82) is 0 Å². The minimum Gasteiger partial charge on any atom is -0.455 e. The highest BCUT2D eigenvalue weighted by Gasteiger charge is 2.10. The average molecular weight is 382 g/mol. The van der Waals surface area contributed by atoms with E-state index in [0.717, 1.165) is 11.6 Å². The Morgan fingerprint density at radius 1 is 1.20 bits per heavy atom. The van der Waals surface area contributed by atoms with Crippen LogP contribution >= 0.6 is 23.4 Å². The topological polar surface area (TPSA) is 55.4 Å². The Morgan fingerprint density at radius 3 is 2.60 bits per heavy atom. The number of amides is 1. The second-order valence-corrected chi connectivity index (χ2v) is 6.70. The van der Waals surface area contributed by atoms with E-state index in [4.69, 9.17) is 16.3 Å². The average Bonchev–Trinajstić information content (AvgIpc) is 2.57. The number of aryl methyl sites for hydroxylation is 1. The molecular formula is C18H17ClFNO3S. The third kappa shape index (κ3) is 6.76. The SMILES string of the molecule is Cc1ccc(CSCC(=O)OCC(=O)Nc2ccc(F)cc2Cl)cc1. The monoisotopic (exact) mass is 381 g/mol. The van der Waals surface area contributed by atoms with Gasteiger partial charge in [0.25, 0.3) is 5.91 Å². The van der Waals surface area contributed by atoms with E-state index in [1.54, 1.807) is 0 Å². The number of ether oxygens (including phenoxy) is 1. The summed E-state index contributed by atoms with van der Waals surface area (Å²) in [7, 11) is 0. The number of benzene rings is 2. The van der Waals surface area contributed by atoms with Gasteiger partial charge in [-0.1, -0.05) is 41.4 Å². The van der Waals surface area contributed by atoms with E-state index in [0.29, 0.717) is 5.75 Å². The van der Waals surface area contributed by atoms with Crippen LogP contribution in [0.15, 0.2) is 42.5 Å². The van der Waals surface area contributed by atoms with Crippen molar-refractivity contribution in [3.05, 3.63) is 64.4 Å². The van der Waals surface area contributed by atoms with Crippen molar-refractivity contribution >= 4 is 40.9 Å². The Labute approximate surface area is 154 Å². The van der Waals surface area contributed by atoms with Gasteiger partial charge in [-0.05, 0) is 30.7 Å². The number of carbonyl (C=O) groups is 2. The molecule has 2 aromatic carbocycles. The number of rotatable bonds is 7.